The van der Waals surface area contributed by atoms with Crippen LogP contribution in [0.1, 0.15) is 28.6 Å². The third kappa shape index (κ3) is 5.19. The van der Waals surface area contributed by atoms with Gasteiger partial charge in [-0.3, -0.25) is 0 Å². The molecular formula is C29H42N4O4S. The lowest BCUT2D eigenvalue weighted by atomic mass is 9.84. The van der Waals surface area contributed by atoms with E-state index in [0.717, 1.165) is 58.9 Å². The van der Waals surface area contributed by atoms with E-state index in [2.05, 4.69) is 16.3 Å². The van der Waals surface area contributed by atoms with Crippen molar-refractivity contribution in [3.05, 3.63) is 48.5 Å². The number of ether oxygens (including phenoxy) is 2. The van der Waals surface area contributed by atoms with E-state index in [-0.39, 0.29) is 6.84 Å². The third-order valence-corrected chi connectivity index (χ3v) is 10.2. The first-order valence-corrected chi connectivity index (χ1v) is 14.8. The maximum absolute atomic E-state index is 12.8. The molecule has 2 saturated heterocycles. The molecule has 8 nitrogen and oxygen atoms in total. The van der Waals surface area contributed by atoms with Crippen LogP contribution in [0.5, 0.6) is 11.5 Å². The second-order valence-electron chi connectivity index (χ2n) is 9.86. The molecule has 0 amide bonds. The average Bonchev–Trinajstić information content (AvgIpc) is 3.44. The average molecular weight is 543 g/mol. The van der Waals surface area contributed by atoms with Crippen molar-refractivity contribution in [2.24, 2.45) is 5.41 Å². The number of hydrogen-bond acceptors (Lipinski definition) is 7. The van der Waals surface area contributed by atoms with Gasteiger partial charge >= 0.3 is 0 Å². The van der Waals surface area contributed by atoms with Crippen LogP contribution in [-0.4, -0.2) is 76.9 Å². The predicted molar refractivity (Wildman–Crippen MR) is 157 cm³/mol. The number of nitrogens with zero attached hydrogens (tertiary/aromatic N) is 3. The van der Waals surface area contributed by atoms with Gasteiger partial charge in [0.1, 0.15) is 18.1 Å². The Hall–Kier alpha value is -2.88. The second-order valence-corrected chi connectivity index (χ2v) is 12.2. The quantitative estimate of drug-likeness (QED) is 0.436. The molecule has 0 saturated carbocycles. The minimum atomic E-state index is -3.25. The minimum Gasteiger partial charge on any atom is -0.497 e. The molecule has 1 N–H and O–H groups in total. The summed E-state index contributed by atoms with van der Waals surface area (Å²) in [6.07, 6.45) is 0.839. The van der Waals surface area contributed by atoms with E-state index < -0.39 is 15.3 Å². The number of sulfonamides is 1. The SMILES string of the molecule is CC.CNCCOc1ccc(-c2cc(N3CCC4(C3)CN(C)S(=O)(=O)C4C)c3ccc(OC)cc3n2)cc1.[HH]. The van der Waals surface area contributed by atoms with Crippen molar-refractivity contribution in [1.82, 2.24) is 14.6 Å². The Kier molecular flexibility index (Phi) is 8.49. The molecule has 0 aliphatic carbocycles. The van der Waals surface area contributed by atoms with E-state index in [0.29, 0.717) is 19.7 Å². The third-order valence-electron chi connectivity index (χ3n) is 7.77. The summed E-state index contributed by atoms with van der Waals surface area (Å²) < 4.78 is 38.4. The molecule has 2 aromatic carbocycles. The van der Waals surface area contributed by atoms with E-state index in [4.69, 9.17) is 14.5 Å². The van der Waals surface area contributed by atoms with Gasteiger partial charge in [0.25, 0.3) is 0 Å². The van der Waals surface area contributed by atoms with Crippen LogP contribution >= 0.6 is 0 Å². The van der Waals surface area contributed by atoms with Crippen molar-refractivity contribution in [3.8, 4) is 22.8 Å². The van der Waals surface area contributed by atoms with Crippen LogP contribution in [0.2, 0.25) is 0 Å². The first-order valence-electron chi connectivity index (χ1n) is 13.3. The molecule has 5 rings (SSSR count). The zero-order chi connectivity index (χ0) is 27.5. The van der Waals surface area contributed by atoms with Crippen molar-refractivity contribution < 1.29 is 19.3 Å². The zero-order valence-electron chi connectivity index (χ0n) is 23.3. The number of fused-ring (bicyclic) bond motifs is 1. The number of rotatable bonds is 7. The Morgan fingerprint density at radius 3 is 2.45 bits per heavy atom. The van der Waals surface area contributed by atoms with Gasteiger partial charge in [0, 0.05) is 62.8 Å². The summed E-state index contributed by atoms with van der Waals surface area (Å²) in [4.78, 5) is 7.30. The molecule has 38 heavy (non-hydrogen) atoms. The van der Waals surface area contributed by atoms with Gasteiger partial charge in [-0.25, -0.2) is 17.7 Å². The molecule has 2 fully saturated rings. The number of benzene rings is 2. The molecule has 1 spiro atoms. The van der Waals surface area contributed by atoms with E-state index >= 15 is 0 Å². The molecule has 2 atom stereocenters. The summed E-state index contributed by atoms with van der Waals surface area (Å²) in [6.45, 7) is 9.31. The molecular weight excluding hydrogens is 500 g/mol. The summed E-state index contributed by atoms with van der Waals surface area (Å²) in [6, 6.07) is 16.1. The van der Waals surface area contributed by atoms with Gasteiger partial charge in [-0.05, 0) is 62.9 Å². The Bertz CT molecular complexity index is 1370. The van der Waals surface area contributed by atoms with Crippen LogP contribution in [0.25, 0.3) is 22.2 Å². The Morgan fingerprint density at radius 1 is 1.11 bits per heavy atom. The fourth-order valence-electron chi connectivity index (χ4n) is 5.53. The zero-order valence-corrected chi connectivity index (χ0v) is 24.1. The molecule has 0 radical (unpaired) electrons. The Morgan fingerprint density at radius 2 is 1.82 bits per heavy atom. The largest absolute Gasteiger partial charge is 0.497 e. The lowest BCUT2D eigenvalue weighted by Crippen LogP contribution is -2.36. The van der Waals surface area contributed by atoms with Gasteiger partial charge in [0.15, 0.2) is 0 Å². The second kappa shape index (κ2) is 11.5. The topological polar surface area (TPSA) is 84.0 Å². The summed E-state index contributed by atoms with van der Waals surface area (Å²) in [5, 5.41) is 3.71. The molecule has 208 valence electrons. The van der Waals surface area contributed by atoms with Crippen molar-refractivity contribution in [3.63, 3.8) is 0 Å². The maximum atomic E-state index is 12.8. The van der Waals surface area contributed by atoms with Gasteiger partial charge < -0.3 is 19.7 Å². The van der Waals surface area contributed by atoms with Crippen molar-refractivity contribution in [2.45, 2.75) is 32.4 Å². The standard InChI is InChI=1S/C27H34N4O4S.C2H6.H2/c1-19-27(17-30(3)36(19,32)33)11-13-31(18-27)26-16-24(29-25-15-22(34-4)9-10-23(25)26)20-5-7-21(8-6-20)35-14-12-28-2;1-2;/h5-10,15-16,19,28H,11-14,17-18H2,1-4H3;1-2H3;1H. The molecule has 3 aromatic rings. The van der Waals surface area contributed by atoms with E-state index in [1.807, 2.05) is 70.3 Å². The maximum Gasteiger partial charge on any atom is 0.217 e. The Labute approximate surface area is 228 Å². The minimum absolute atomic E-state index is 0. The summed E-state index contributed by atoms with van der Waals surface area (Å²) in [7, 11) is 2.00. The Balaban J connectivity index is 0.00000137. The van der Waals surface area contributed by atoms with Gasteiger partial charge in [-0.15, -0.1) is 0 Å². The van der Waals surface area contributed by atoms with Gasteiger partial charge in [0.2, 0.25) is 10.0 Å². The van der Waals surface area contributed by atoms with E-state index in [1.54, 1.807) is 14.2 Å². The van der Waals surface area contributed by atoms with Crippen LogP contribution in [-0.2, 0) is 10.0 Å². The lowest BCUT2D eigenvalue weighted by Gasteiger charge is -2.28. The molecule has 2 unspecified atom stereocenters. The number of methoxy groups -OCH3 is 1. The van der Waals surface area contributed by atoms with Gasteiger partial charge in [0.05, 0.1) is 23.6 Å². The van der Waals surface area contributed by atoms with E-state index in [9.17, 15) is 8.42 Å². The molecule has 9 heteroatoms. The number of likely N-dealkylation sites (N-methyl/N-ethyl adjacent to an activating group) is 1. The van der Waals surface area contributed by atoms with Crippen LogP contribution in [0, 0.1) is 5.41 Å². The fraction of sp³-hybridized carbons (Fsp3) is 0.483. The van der Waals surface area contributed by atoms with Crippen molar-refractivity contribution in [2.75, 3.05) is 58.9 Å². The van der Waals surface area contributed by atoms with Crippen LogP contribution in [0.3, 0.4) is 0 Å². The van der Waals surface area contributed by atoms with Crippen LogP contribution in [0.15, 0.2) is 48.5 Å². The van der Waals surface area contributed by atoms with E-state index in [1.165, 1.54) is 4.31 Å². The number of nitrogens with one attached hydrogen (secondary N) is 1. The number of pyridine rings is 1. The fourth-order valence-corrected chi connectivity index (χ4v) is 7.41. The lowest BCUT2D eigenvalue weighted by molar-refractivity contribution is 0.301. The molecule has 2 aliphatic heterocycles. The molecule has 3 heterocycles. The highest BCUT2D eigenvalue weighted by molar-refractivity contribution is 7.90. The monoisotopic (exact) mass is 542 g/mol. The first-order chi connectivity index (χ1) is 18.3. The van der Waals surface area contributed by atoms with Crippen molar-refractivity contribution >= 4 is 26.6 Å². The number of hydrogen-bond donors (Lipinski definition) is 1. The summed E-state index contributed by atoms with van der Waals surface area (Å²) in [5.74, 6) is 1.57. The van der Waals surface area contributed by atoms with Crippen LogP contribution < -0.4 is 19.7 Å². The van der Waals surface area contributed by atoms with Gasteiger partial charge in [-0.1, -0.05) is 13.8 Å². The normalized spacial score (nSPS) is 22.5. The first kappa shape index (κ1) is 28.1. The molecule has 1 aromatic heterocycles. The summed E-state index contributed by atoms with van der Waals surface area (Å²) in [5.41, 5.74) is 3.50. The summed E-state index contributed by atoms with van der Waals surface area (Å²) >= 11 is 0. The highest BCUT2D eigenvalue weighted by Gasteiger charge is 2.55. The number of anilines is 1. The van der Waals surface area contributed by atoms with Gasteiger partial charge in [-0.2, -0.15) is 0 Å². The number of aromatic nitrogens is 1. The smallest absolute Gasteiger partial charge is 0.217 e. The highest BCUT2D eigenvalue weighted by Crippen LogP contribution is 2.46. The van der Waals surface area contributed by atoms with Crippen LogP contribution in [0.4, 0.5) is 5.69 Å². The molecule has 0 bridgehead atoms. The predicted octanol–water partition coefficient (Wildman–Crippen LogP) is 4.64. The van der Waals surface area contributed by atoms with Crippen molar-refractivity contribution in [1.29, 1.82) is 0 Å². The molecule has 2 aliphatic rings. The highest BCUT2D eigenvalue weighted by atomic mass is 32.2.